The minimum atomic E-state index is -0.505. The van der Waals surface area contributed by atoms with Crippen LogP contribution in [0.5, 0.6) is 0 Å². The number of nitrogens with one attached hydrogen (secondary N) is 1. The summed E-state index contributed by atoms with van der Waals surface area (Å²) < 4.78 is 0. The smallest absolute Gasteiger partial charge is 0.292 e. The third-order valence-electron chi connectivity index (χ3n) is 4.20. The first-order valence-electron chi connectivity index (χ1n) is 7.04. The van der Waals surface area contributed by atoms with Gasteiger partial charge in [0, 0.05) is 25.0 Å². The molecule has 0 radical (unpaired) electrons. The molecule has 1 atom stereocenters. The Hall–Kier alpha value is -2.28. The van der Waals surface area contributed by atoms with Gasteiger partial charge in [-0.15, -0.1) is 0 Å². The number of nitro groups is 1. The summed E-state index contributed by atoms with van der Waals surface area (Å²) in [4.78, 5) is 37.1. The Morgan fingerprint density at radius 2 is 1.76 bits per heavy atom. The third kappa shape index (κ3) is 2.40. The second-order valence-corrected chi connectivity index (χ2v) is 5.46. The Morgan fingerprint density at radius 1 is 1.14 bits per heavy atom. The number of quaternary nitrogens is 1. The van der Waals surface area contributed by atoms with E-state index in [2.05, 4.69) is 0 Å². The molecule has 1 aromatic rings. The quantitative estimate of drug-likeness (QED) is 0.479. The lowest BCUT2D eigenvalue weighted by Crippen LogP contribution is -3.14. The van der Waals surface area contributed by atoms with Crippen LogP contribution >= 0.6 is 0 Å². The summed E-state index contributed by atoms with van der Waals surface area (Å²) in [6.45, 7) is 1.86. The average Bonchev–Trinajstić information content (AvgIpc) is 3.07. The average molecular weight is 290 g/mol. The van der Waals surface area contributed by atoms with Crippen molar-refractivity contribution < 1.29 is 19.4 Å². The van der Waals surface area contributed by atoms with Crippen molar-refractivity contribution in [3.63, 3.8) is 0 Å². The number of hydrogen-bond acceptors (Lipinski definition) is 4. The number of likely N-dealkylation sites (tertiary alicyclic amines) is 1. The van der Waals surface area contributed by atoms with Crippen LogP contribution in [-0.2, 0) is 9.59 Å². The van der Waals surface area contributed by atoms with Crippen molar-refractivity contribution in [1.29, 1.82) is 0 Å². The van der Waals surface area contributed by atoms with Crippen molar-refractivity contribution in [2.75, 3.05) is 18.0 Å². The van der Waals surface area contributed by atoms with E-state index in [4.69, 9.17) is 0 Å². The molecule has 2 aliphatic heterocycles. The molecule has 21 heavy (non-hydrogen) atoms. The zero-order chi connectivity index (χ0) is 15.0. The lowest BCUT2D eigenvalue weighted by Gasteiger charge is -2.19. The monoisotopic (exact) mass is 290 g/mol. The molecule has 0 aliphatic carbocycles. The fourth-order valence-corrected chi connectivity index (χ4v) is 3.12. The second-order valence-electron chi connectivity index (χ2n) is 5.46. The molecule has 1 N–H and O–H groups in total. The minimum absolute atomic E-state index is 0.0560. The highest BCUT2D eigenvalue weighted by atomic mass is 16.6. The molecule has 2 saturated heterocycles. The lowest BCUT2D eigenvalue weighted by molar-refractivity contribution is -0.902. The Kier molecular flexibility index (Phi) is 3.42. The first-order chi connectivity index (χ1) is 10.1. The molecule has 3 rings (SSSR count). The number of amides is 2. The topological polar surface area (TPSA) is 85.0 Å². The van der Waals surface area contributed by atoms with Gasteiger partial charge >= 0.3 is 0 Å². The van der Waals surface area contributed by atoms with E-state index in [1.807, 2.05) is 0 Å². The number of nitrogens with zero attached hydrogens (tertiary/aromatic N) is 2. The normalized spacial score (nSPS) is 23.0. The maximum atomic E-state index is 12.5. The van der Waals surface area contributed by atoms with Crippen LogP contribution in [0, 0.1) is 10.1 Å². The van der Waals surface area contributed by atoms with Crippen LogP contribution in [0.2, 0.25) is 0 Å². The van der Waals surface area contributed by atoms with Crippen molar-refractivity contribution in [3.8, 4) is 0 Å². The van der Waals surface area contributed by atoms with Gasteiger partial charge in [0.25, 0.3) is 11.6 Å². The maximum Gasteiger partial charge on any atom is 0.292 e. The van der Waals surface area contributed by atoms with Crippen molar-refractivity contribution in [2.24, 2.45) is 0 Å². The Bertz CT molecular complexity index is 593. The predicted octanol–water partition coefficient (Wildman–Crippen LogP) is -0.0946. The van der Waals surface area contributed by atoms with Crippen LogP contribution in [0.25, 0.3) is 0 Å². The van der Waals surface area contributed by atoms with Gasteiger partial charge in [-0.05, 0) is 12.1 Å². The van der Waals surface area contributed by atoms with Gasteiger partial charge in [-0.25, -0.2) is 4.90 Å². The summed E-state index contributed by atoms with van der Waals surface area (Å²) in [6, 6.07) is 5.23. The number of anilines is 1. The third-order valence-corrected chi connectivity index (χ3v) is 4.20. The van der Waals surface area contributed by atoms with Gasteiger partial charge < -0.3 is 4.90 Å². The highest BCUT2D eigenvalue weighted by Gasteiger charge is 2.46. The second kappa shape index (κ2) is 5.25. The fourth-order valence-electron chi connectivity index (χ4n) is 3.12. The van der Waals surface area contributed by atoms with Gasteiger partial charge in [-0.2, -0.15) is 0 Å². The number of carbonyl (C=O) groups excluding carboxylic acids is 2. The first kappa shape index (κ1) is 13.7. The number of nitro benzene ring substituents is 1. The highest BCUT2D eigenvalue weighted by Crippen LogP contribution is 2.24. The predicted molar refractivity (Wildman–Crippen MR) is 73.9 cm³/mol. The molecule has 1 aromatic carbocycles. The van der Waals surface area contributed by atoms with Gasteiger partial charge in [-0.3, -0.25) is 19.7 Å². The zero-order valence-corrected chi connectivity index (χ0v) is 11.4. The summed E-state index contributed by atoms with van der Waals surface area (Å²) in [7, 11) is 0. The SMILES string of the molecule is O=C1C[C@@H]([NH+]2CCCC2)C(=O)N1c1ccc([N+](=O)[O-])cc1. The highest BCUT2D eigenvalue weighted by molar-refractivity contribution is 6.21. The van der Waals surface area contributed by atoms with E-state index in [1.165, 1.54) is 34.1 Å². The molecule has 2 aliphatic rings. The van der Waals surface area contributed by atoms with Gasteiger partial charge in [0.2, 0.25) is 5.91 Å². The van der Waals surface area contributed by atoms with Gasteiger partial charge in [0.15, 0.2) is 6.04 Å². The fraction of sp³-hybridized carbons (Fsp3) is 0.429. The van der Waals surface area contributed by atoms with E-state index in [0.29, 0.717) is 5.69 Å². The van der Waals surface area contributed by atoms with E-state index < -0.39 is 4.92 Å². The molecule has 0 unspecified atom stereocenters. The number of benzene rings is 1. The van der Waals surface area contributed by atoms with E-state index >= 15 is 0 Å². The largest absolute Gasteiger partial charge is 0.324 e. The molecule has 110 valence electrons. The van der Waals surface area contributed by atoms with E-state index in [9.17, 15) is 19.7 Å². The van der Waals surface area contributed by atoms with Gasteiger partial charge in [0.05, 0.1) is 30.1 Å². The molecule has 2 fully saturated rings. The Morgan fingerprint density at radius 3 is 2.33 bits per heavy atom. The van der Waals surface area contributed by atoms with Crippen molar-refractivity contribution in [3.05, 3.63) is 34.4 Å². The summed E-state index contributed by atoms with van der Waals surface area (Å²) >= 11 is 0. The number of carbonyl (C=O) groups is 2. The summed E-state index contributed by atoms with van der Waals surface area (Å²) in [6.07, 6.45) is 2.40. The number of non-ortho nitro benzene ring substituents is 1. The van der Waals surface area contributed by atoms with Crippen LogP contribution in [0.4, 0.5) is 11.4 Å². The zero-order valence-electron chi connectivity index (χ0n) is 11.4. The molecule has 0 spiro atoms. The van der Waals surface area contributed by atoms with Gasteiger partial charge in [-0.1, -0.05) is 0 Å². The molecule has 7 nitrogen and oxygen atoms in total. The van der Waals surface area contributed by atoms with E-state index in [0.717, 1.165) is 25.9 Å². The van der Waals surface area contributed by atoms with E-state index in [-0.39, 0.29) is 30.0 Å². The molecule has 2 heterocycles. The molecular weight excluding hydrogens is 274 g/mol. The maximum absolute atomic E-state index is 12.5. The molecule has 2 amide bonds. The summed E-state index contributed by atoms with van der Waals surface area (Å²) in [5.74, 6) is -0.413. The molecular formula is C14H16N3O4+. The lowest BCUT2D eigenvalue weighted by atomic mass is 10.2. The molecule has 7 heteroatoms. The van der Waals surface area contributed by atoms with E-state index in [1.54, 1.807) is 0 Å². The Balaban J connectivity index is 1.82. The van der Waals surface area contributed by atoms with Gasteiger partial charge in [0.1, 0.15) is 0 Å². The first-order valence-corrected chi connectivity index (χ1v) is 7.04. The van der Waals surface area contributed by atoms with Crippen molar-refractivity contribution >= 4 is 23.2 Å². The van der Waals surface area contributed by atoms with Crippen LogP contribution in [0.3, 0.4) is 0 Å². The number of imide groups is 1. The van der Waals surface area contributed by atoms with Crippen molar-refractivity contribution in [2.45, 2.75) is 25.3 Å². The van der Waals surface area contributed by atoms with Crippen molar-refractivity contribution in [1.82, 2.24) is 0 Å². The molecule has 0 bridgehead atoms. The summed E-state index contributed by atoms with van der Waals surface area (Å²) in [5.41, 5.74) is 0.358. The van der Waals surface area contributed by atoms with Crippen LogP contribution in [0.15, 0.2) is 24.3 Å². The number of rotatable bonds is 3. The van der Waals surface area contributed by atoms with Crippen LogP contribution in [-0.4, -0.2) is 35.9 Å². The summed E-state index contributed by atoms with van der Waals surface area (Å²) in [5, 5.41) is 10.6. The Labute approximate surface area is 121 Å². The molecule has 0 saturated carbocycles. The van der Waals surface area contributed by atoms with Crippen LogP contribution < -0.4 is 9.80 Å². The standard InChI is InChI=1S/C14H15N3O4/c18-13-9-12(15-7-1-2-8-15)14(19)16(13)10-3-5-11(6-4-10)17(20)21/h3-6,12H,1-2,7-9H2/p+1/t12-/m1/s1. The molecule has 0 aromatic heterocycles. The van der Waals surface area contributed by atoms with Crippen LogP contribution in [0.1, 0.15) is 19.3 Å². The number of hydrogen-bond donors (Lipinski definition) is 1. The minimum Gasteiger partial charge on any atom is -0.324 e.